The Kier molecular flexibility index (Phi) is 3.44. The van der Waals surface area contributed by atoms with Crippen LogP contribution in [0.25, 0.3) is 0 Å². The molecule has 0 fully saturated rings. The minimum Gasteiger partial charge on any atom is -0.485 e. The topological polar surface area (TPSA) is 47.3 Å². The Morgan fingerprint density at radius 2 is 2.25 bits per heavy atom. The lowest BCUT2D eigenvalue weighted by molar-refractivity contribution is 0.0653. The highest BCUT2D eigenvalue weighted by Gasteiger charge is 2.30. The normalized spacial score (nSPS) is 21.4. The van der Waals surface area contributed by atoms with Crippen LogP contribution in [0.1, 0.15) is 42.4 Å². The molecule has 106 valence electrons. The maximum Gasteiger partial charge on any atom is 0.130 e. The first-order valence-corrected chi connectivity index (χ1v) is 7.13. The summed E-state index contributed by atoms with van der Waals surface area (Å²) >= 11 is 5.97. The van der Waals surface area contributed by atoms with Crippen molar-refractivity contribution in [1.29, 1.82) is 0 Å². The molecule has 1 N–H and O–H groups in total. The lowest BCUT2D eigenvalue weighted by atomic mass is 9.95. The number of ether oxygens (including phenoxy) is 1. The van der Waals surface area contributed by atoms with E-state index in [2.05, 4.69) is 12.0 Å². The van der Waals surface area contributed by atoms with Crippen LogP contribution < -0.4 is 4.74 Å². The Morgan fingerprint density at radius 1 is 1.45 bits per heavy atom. The molecule has 1 unspecified atom stereocenters. The van der Waals surface area contributed by atoms with Gasteiger partial charge in [0.1, 0.15) is 11.9 Å². The molecule has 0 radical (unpaired) electrons. The quantitative estimate of drug-likeness (QED) is 0.925. The van der Waals surface area contributed by atoms with Gasteiger partial charge in [-0.25, -0.2) is 0 Å². The van der Waals surface area contributed by atoms with Crippen LogP contribution in [0.3, 0.4) is 0 Å². The summed E-state index contributed by atoms with van der Waals surface area (Å²) in [4.78, 5) is 0. The van der Waals surface area contributed by atoms with Gasteiger partial charge in [-0.15, -0.1) is 0 Å². The fourth-order valence-corrected chi connectivity index (χ4v) is 2.89. The zero-order valence-electron chi connectivity index (χ0n) is 11.5. The summed E-state index contributed by atoms with van der Waals surface area (Å²) in [5, 5.41) is 15.4. The molecule has 0 bridgehead atoms. The fourth-order valence-electron chi connectivity index (χ4n) is 2.71. The van der Waals surface area contributed by atoms with E-state index in [1.54, 1.807) is 16.8 Å². The molecular formula is C15H17ClN2O2. The van der Waals surface area contributed by atoms with Crippen molar-refractivity contribution in [3.63, 3.8) is 0 Å². The van der Waals surface area contributed by atoms with E-state index >= 15 is 0 Å². The molecule has 1 aliphatic rings. The number of hydrogen-bond acceptors (Lipinski definition) is 3. The van der Waals surface area contributed by atoms with Gasteiger partial charge in [-0.05, 0) is 24.6 Å². The van der Waals surface area contributed by atoms with E-state index in [9.17, 15) is 5.11 Å². The number of nitrogens with zero attached hydrogens (tertiary/aromatic N) is 2. The first-order chi connectivity index (χ1) is 9.58. The third-order valence-electron chi connectivity index (χ3n) is 3.66. The number of aryl methyl sites for hydroxylation is 2. The third kappa shape index (κ3) is 2.30. The Morgan fingerprint density at radius 3 is 3.00 bits per heavy atom. The molecular weight excluding hydrogens is 276 g/mol. The van der Waals surface area contributed by atoms with Gasteiger partial charge in [0.25, 0.3) is 0 Å². The van der Waals surface area contributed by atoms with Crippen molar-refractivity contribution in [2.45, 2.75) is 32.0 Å². The molecule has 3 rings (SSSR count). The minimum atomic E-state index is -0.563. The molecule has 0 spiro atoms. The van der Waals surface area contributed by atoms with Crippen LogP contribution in [0.15, 0.2) is 24.4 Å². The van der Waals surface area contributed by atoms with Crippen LogP contribution in [0.4, 0.5) is 0 Å². The summed E-state index contributed by atoms with van der Waals surface area (Å²) < 4.78 is 7.82. The second-order valence-electron chi connectivity index (χ2n) is 5.10. The predicted octanol–water partition coefficient (Wildman–Crippen LogP) is 3.19. The third-order valence-corrected chi connectivity index (χ3v) is 3.89. The molecule has 1 aromatic carbocycles. The Bertz CT molecular complexity index is 639. The van der Waals surface area contributed by atoms with Gasteiger partial charge in [0.15, 0.2) is 0 Å². The predicted molar refractivity (Wildman–Crippen MR) is 77.0 cm³/mol. The fraction of sp³-hybridized carbons (Fsp3) is 0.400. The molecule has 1 aliphatic heterocycles. The number of aromatic nitrogens is 2. The molecule has 0 aliphatic carbocycles. The number of halogens is 1. The number of fused-ring (bicyclic) bond motifs is 1. The van der Waals surface area contributed by atoms with Crippen molar-refractivity contribution >= 4 is 11.6 Å². The number of aliphatic hydroxyl groups is 1. The van der Waals surface area contributed by atoms with Gasteiger partial charge in [-0.3, -0.25) is 4.68 Å². The second-order valence-corrected chi connectivity index (χ2v) is 5.53. The second kappa shape index (κ2) is 5.11. The van der Waals surface area contributed by atoms with E-state index in [1.807, 2.05) is 19.3 Å². The molecule has 20 heavy (non-hydrogen) atoms. The zero-order valence-corrected chi connectivity index (χ0v) is 12.3. The average molecular weight is 293 g/mol. The highest BCUT2D eigenvalue weighted by molar-refractivity contribution is 6.30. The van der Waals surface area contributed by atoms with Crippen LogP contribution in [0.2, 0.25) is 5.02 Å². The van der Waals surface area contributed by atoms with Crippen molar-refractivity contribution in [3.05, 3.63) is 46.2 Å². The van der Waals surface area contributed by atoms with Crippen molar-refractivity contribution in [3.8, 4) is 5.75 Å². The van der Waals surface area contributed by atoms with Crippen LogP contribution >= 0.6 is 11.6 Å². The van der Waals surface area contributed by atoms with Gasteiger partial charge in [0.05, 0.1) is 11.8 Å². The molecule has 2 atom stereocenters. The molecule has 0 saturated heterocycles. The summed E-state index contributed by atoms with van der Waals surface area (Å²) in [5.41, 5.74) is 2.83. The van der Waals surface area contributed by atoms with Crippen molar-refractivity contribution in [2.24, 2.45) is 7.05 Å². The van der Waals surface area contributed by atoms with Gasteiger partial charge >= 0.3 is 0 Å². The Balaban J connectivity index is 1.96. The van der Waals surface area contributed by atoms with E-state index < -0.39 is 6.10 Å². The SMILES string of the molecule is CCc1nn(C)cc1C1C[C@@H](O)c2cc(Cl)ccc2O1. The Labute approximate surface area is 122 Å². The van der Waals surface area contributed by atoms with Gasteiger partial charge in [-0.2, -0.15) is 5.10 Å². The molecule has 0 saturated carbocycles. The number of benzene rings is 1. The van der Waals surface area contributed by atoms with Gasteiger partial charge in [-0.1, -0.05) is 18.5 Å². The van der Waals surface area contributed by atoms with Crippen molar-refractivity contribution < 1.29 is 9.84 Å². The number of aliphatic hydroxyl groups excluding tert-OH is 1. The molecule has 5 heteroatoms. The summed E-state index contributed by atoms with van der Waals surface area (Å²) in [6.07, 6.45) is 2.61. The van der Waals surface area contributed by atoms with Gasteiger partial charge in [0.2, 0.25) is 0 Å². The molecule has 4 nitrogen and oxygen atoms in total. The maximum absolute atomic E-state index is 10.3. The maximum atomic E-state index is 10.3. The summed E-state index contributed by atoms with van der Waals surface area (Å²) in [7, 11) is 1.90. The highest BCUT2D eigenvalue weighted by atomic mass is 35.5. The van der Waals surface area contributed by atoms with Crippen LogP contribution in [0, 0.1) is 0 Å². The van der Waals surface area contributed by atoms with E-state index in [-0.39, 0.29) is 6.10 Å². The van der Waals surface area contributed by atoms with E-state index in [0.29, 0.717) is 17.2 Å². The summed E-state index contributed by atoms with van der Waals surface area (Å²) in [6.45, 7) is 2.07. The van der Waals surface area contributed by atoms with Crippen LogP contribution in [0.5, 0.6) is 5.75 Å². The molecule has 2 heterocycles. The van der Waals surface area contributed by atoms with Gasteiger partial charge in [0, 0.05) is 35.8 Å². The first kappa shape index (κ1) is 13.5. The standard InChI is InChI=1S/C15H17ClN2O2/c1-3-12-11(8-18(2)17-12)15-7-13(19)10-6-9(16)4-5-14(10)20-15/h4-6,8,13,15,19H,3,7H2,1-2H3/t13-,15?/m1/s1. The first-order valence-electron chi connectivity index (χ1n) is 6.75. The lowest BCUT2D eigenvalue weighted by Crippen LogP contribution is -2.19. The Hall–Kier alpha value is -1.52. The van der Waals surface area contributed by atoms with Gasteiger partial charge < -0.3 is 9.84 Å². The summed E-state index contributed by atoms with van der Waals surface area (Å²) in [5.74, 6) is 0.698. The van der Waals surface area contributed by atoms with Crippen molar-refractivity contribution in [2.75, 3.05) is 0 Å². The lowest BCUT2D eigenvalue weighted by Gasteiger charge is -2.29. The average Bonchev–Trinajstić information content (AvgIpc) is 2.80. The number of hydrogen-bond donors (Lipinski definition) is 1. The van der Waals surface area contributed by atoms with Crippen molar-refractivity contribution in [1.82, 2.24) is 9.78 Å². The summed E-state index contributed by atoms with van der Waals surface area (Å²) in [6, 6.07) is 5.36. The van der Waals surface area contributed by atoms with E-state index in [1.165, 1.54) is 0 Å². The highest BCUT2D eigenvalue weighted by Crippen LogP contribution is 2.42. The molecule has 0 amide bonds. The minimum absolute atomic E-state index is 0.165. The van der Waals surface area contributed by atoms with E-state index in [4.69, 9.17) is 16.3 Å². The van der Waals surface area contributed by atoms with Crippen LogP contribution in [-0.4, -0.2) is 14.9 Å². The monoisotopic (exact) mass is 292 g/mol. The zero-order chi connectivity index (χ0) is 14.3. The smallest absolute Gasteiger partial charge is 0.130 e. The largest absolute Gasteiger partial charge is 0.485 e. The molecule has 1 aromatic heterocycles. The van der Waals surface area contributed by atoms with Crippen LogP contribution in [-0.2, 0) is 13.5 Å². The van der Waals surface area contributed by atoms with E-state index in [0.717, 1.165) is 23.2 Å². The number of rotatable bonds is 2. The molecule has 2 aromatic rings.